The van der Waals surface area contributed by atoms with E-state index in [2.05, 4.69) is 18.4 Å². The zero-order valence-electron chi connectivity index (χ0n) is 10.9. The van der Waals surface area contributed by atoms with E-state index in [1.807, 2.05) is 6.92 Å². The van der Waals surface area contributed by atoms with Crippen LogP contribution in [-0.4, -0.2) is 54.4 Å². The predicted molar refractivity (Wildman–Crippen MR) is 73.5 cm³/mol. The number of methoxy groups -OCH3 is 1. The van der Waals surface area contributed by atoms with Crippen molar-refractivity contribution in [1.82, 2.24) is 9.99 Å². The molecule has 1 fully saturated rings. The first-order valence-corrected chi connectivity index (χ1v) is 8.92. The first kappa shape index (κ1) is 13.8. The minimum absolute atomic E-state index is 0.0249. The van der Waals surface area contributed by atoms with Gasteiger partial charge < -0.3 is 4.74 Å². The lowest BCUT2D eigenvalue weighted by atomic mass is 10.0. The Kier molecular flexibility index (Phi) is 3.99. The van der Waals surface area contributed by atoms with Crippen LogP contribution in [0.3, 0.4) is 0 Å². The minimum atomic E-state index is -0.417. The summed E-state index contributed by atoms with van der Waals surface area (Å²) in [6.07, 6.45) is 0. The number of ether oxygens (including phenoxy) is 1. The van der Waals surface area contributed by atoms with Crippen molar-refractivity contribution in [2.75, 3.05) is 26.2 Å². The average Bonchev–Trinajstić information content (AvgIpc) is 2.34. The second kappa shape index (κ2) is 5.19. The highest BCUT2D eigenvalue weighted by Crippen LogP contribution is 2.42. The molecule has 1 saturated heterocycles. The molecule has 2 rings (SSSR count). The highest BCUT2D eigenvalue weighted by molar-refractivity contribution is 8.00. The zero-order chi connectivity index (χ0) is 13.4. The number of carbonyl (C=O) groups is 2. The van der Waals surface area contributed by atoms with Gasteiger partial charge in [-0.15, -0.1) is 11.8 Å². The van der Waals surface area contributed by atoms with Gasteiger partial charge in [0, 0.05) is 5.75 Å². The molecule has 0 aliphatic carbocycles. The van der Waals surface area contributed by atoms with E-state index < -0.39 is 5.97 Å². The monoisotopic (exact) mass is 288 g/mol. The summed E-state index contributed by atoms with van der Waals surface area (Å²) >= 11 is 1.69. The fourth-order valence-electron chi connectivity index (χ4n) is 2.12. The third-order valence-electron chi connectivity index (χ3n) is 2.93. The number of esters is 1. The van der Waals surface area contributed by atoms with E-state index in [-0.39, 0.29) is 25.4 Å². The summed E-state index contributed by atoms with van der Waals surface area (Å²) in [6, 6.07) is -0.163. The van der Waals surface area contributed by atoms with Gasteiger partial charge in [0.25, 0.3) is 0 Å². The maximum absolute atomic E-state index is 12.1. The molecular weight excluding hydrogens is 271 g/mol. The molecule has 2 heterocycles. The molecule has 0 bridgehead atoms. The van der Waals surface area contributed by atoms with Gasteiger partial charge in [0.2, 0.25) is 5.91 Å². The smallest absolute Gasteiger partial charge is 0.354 e. The number of hydrogen-bond acceptors (Lipinski definition) is 5. The molecule has 1 N–H and O–H groups in total. The lowest BCUT2D eigenvalue weighted by Crippen LogP contribution is -2.68. The summed E-state index contributed by atoms with van der Waals surface area (Å²) in [6.45, 7) is 6.01. The van der Waals surface area contributed by atoms with E-state index in [1.165, 1.54) is 7.11 Å². The van der Waals surface area contributed by atoms with Gasteiger partial charge in [-0.05, 0) is 33.9 Å². The molecule has 5 nitrogen and oxygen atoms in total. The lowest BCUT2D eigenvalue weighted by Gasteiger charge is -2.50. The van der Waals surface area contributed by atoms with Crippen LogP contribution in [0.2, 0.25) is 0 Å². The summed E-state index contributed by atoms with van der Waals surface area (Å²) in [7, 11) is 1.00. The maximum atomic E-state index is 12.1. The number of rotatable bonds is 3. The van der Waals surface area contributed by atoms with Crippen LogP contribution in [0.1, 0.15) is 6.92 Å². The maximum Gasteiger partial charge on any atom is 0.354 e. The molecule has 0 aromatic carbocycles. The Morgan fingerprint density at radius 3 is 2.78 bits per heavy atom. The second-order valence-electron chi connectivity index (χ2n) is 4.53. The van der Waals surface area contributed by atoms with Crippen molar-refractivity contribution in [3.05, 3.63) is 11.3 Å². The summed E-state index contributed by atoms with van der Waals surface area (Å²) in [4.78, 5) is 25.4. The largest absolute Gasteiger partial charge is 0.464 e. The Balaban J connectivity index is 2.21. The first-order chi connectivity index (χ1) is 8.47. The number of amides is 1. The first-order valence-electron chi connectivity index (χ1n) is 5.63. The van der Waals surface area contributed by atoms with Crippen LogP contribution < -0.4 is 5.09 Å². The fourth-order valence-corrected chi connectivity index (χ4v) is 4.32. The van der Waals surface area contributed by atoms with Crippen LogP contribution in [0.25, 0.3) is 0 Å². The van der Waals surface area contributed by atoms with Gasteiger partial charge in [0.15, 0.2) is 0 Å². The van der Waals surface area contributed by atoms with Crippen LogP contribution in [0.15, 0.2) is 11.3 Å². The van der Waals surface area contributed by atoms with Crippen molar-refractivity contribution >= 4 is 31.7 Å². The third kappa shape index (κ3) is 2.17. The summed E-state index contributed by atoms with van der Waals surface area (Å²) < 4.78 is 4.76. The van der Waals surface area contributed by atoms with Crippen LogP contribution >= 0.6 is 19.8 Å². The molecule has 2 aliphatic heterocycles. The normalized spacial score (nSPS) is 27.2. The molecular formula is C11H17N2O3PS. The number of hydrogen-bond donors (Lipinski definition) is 1. The van der Waals surface area contributed by atoms with Gasteiger partial charge in [-0.25, -0.2) is 4.79 Å². The number of β-lactam (4-membered cyclic amide) rings is 1. The molecule has 0 unspecified atom stereocenters. The average molecular weight is 288 g/mol. The number of thioether (sulfide) groups is 1. The molecule has 0 saturated carbocycles. The molecule has 0 spiro atoms. The van der Waals surface area contributed by atoms with Gasteiger partial charge in [0.05, 0.1) is 7.11 Å². The van der Waals surface area contributed by atoms with E-state index in [0.29, 0.717) is 5.70 Å². The lowest BCUT2D eigenvalue weighted by molar-refractivity contribution is -0.149. The third-order valence-corrected chi connectivity index (χ3v) is 5.15. The molecule has 1 amide bonds. The minimum Gasteiger partial charge on any atom is -0.464 e. The van der Waals surface area contributed by atoms with E-state index >= 15 is 0 Å². The molecule has 0 radical (unpaired) electrons. The Labute approximate surface area is 112 Å². The second-order valence-corrected chi connectivity index (χ2v) is 7.68. The molecule has 0 aromatic rings. The summed E-state index contributed by atoms with van der Waals surface area (Å²) in [5.74, 6) is 0.325. The SMILES string of the molecule is COC(=O)C1=C(C)CS[C@H]2[C@H](NP(C)C)C(=O)N12. The van der Waals surface area contributed by atoms with E-state index in [4.69, 9.17) is 4.74 Å². The van der Waals surface area contributed by atoms with Crippen molar-refractivity contribution in [1.29, 1.82) is 0 Å². The topological polar surface area (TPSA) is 58.6 Å². The van der Waals surface area contributed by atoms with Crippen molar-refractivity contribution in [2.45, 2.75) is 18.3 Å². The molecule has 18 heavy (non-hydrogen) atoms. The Morgan fingerprint density at radius 1 is 1.56 bits per heavy atom. The van der Waals surface area contributed by atoms with E-state index in [0.717, 1.165) is 11.3 Å². The van der Waals surface area contributed by atoms with E-state index in [9.17, 15) is 9.59 Å². The van der Waals surface area contributed by atoms with Crippen molar-refractivity contribution in [3.63, 3.8) is 0 Å². The fraction of sp³-hybridized carbons (Fsp3) is 0.636. The van der Waals surface area contributed by atoms with Gasteiger partial charge in [-0.1, -0.05) is 0 Å². The van der Waals surface area contributed by atoms with Crippen LogP contribution in [0.4, 0.5) is 0 Å². The van der Waals surface area contributed by atoms with Crippen molar-refractivity contribution in [2.24, 2.45) is 0 Å². The summed E-state index contributed by atoms with van der Waals surface area (Å²) in [5.41, 5.74) is 1.34. The highest BCUT2D eigenvalue weighted by Gasteiger charge is 2.53. The number of fused-ring (bicyclic) bond motifs is 1. The van der Waals surface area contributed by atoms with Crippen molar-refractivity contribution in [3.8, 4) is 0 Å². The highest BCUT2D eigenvalue weighted by atomic mass is 32.2. The number of nitrogens with one attached hydrogen (secondary N) is 1. The Morgan fingerprint density at radius 2 is 2.22 bits per heavy atom. The standard InChI is InChI=1S/C11H17N2O3PS/c1-6-5-18-10-7(12-17(3)4)9(14)13(10)8(6)11(15)16-2/h7,10,12H,5H2,1-4H3/t7-,10+/m1/s1. The predicted octanol–water partition coefficient (Wildman–Crippen LogP) is 0.963. The van der Waals surface area contributed by atoms with Crippen molar-refractivity contribution < 1.29 is 14.3 Å². The van der Waals surface area contributed by atoms with Crippen LogP contribution in [-0.2, 0) is 14.3 Å². The molecule has 0 aromatic heterocycles. The number of nitrogens with zero attached hydrogens (tertiary/aromatic N) is 1. The number of carbonyl (C=O) groups excluding carboxylic acids is 2. The van der Waals surface area contributed by atoms with Crippen LogP contribution in [0.5, 0.6) is 0 Å². The quantitative estimate of drug-likeness (QED) is 0.476. The van der Waals surface area contributed by atoms with Gasteiger partial charge in [-0.2, -0.15) is 0 Å². The molecule has 100 valence electrons. The molecule has 2 aliphatic rings. The van der Waals surface area contributed by atoms with Gasteiger partial charge >= 0.3 is 5.97 Å². The van der Waals surface area contributed by atoms with Crippen LogP contribution in [0, 0.1) is 0 Å². The van der Waals surface area contributed by atoms with E-state index in [1.54, 1.807) is 16.7 Å². The Hall–Kier alpha value is -0.580. The zero-order valence-corrected chi connectivity index (χ0v) is 12.6. The van der Waals surface area contributed by atoms with Gasteiger partial charge in [0.1, 0.15) is 17.1 Å². The summed E-state index contributed by atoms with van der Waals surface area (Å²) in [5, 5.41) is 3.33. The Bertz CT molecular complexity index is 425. The van der Waals surface area contributed by atoms with Gasteiger partial charge in [-0.3, -0.25) is 14.8 Å². The molecule has 2 atom stereocenters. The molecule has 7 heteroatoms.